The Morgan fingerprint density at radius 1 is 0.688 bits per heavy atom. The van der Waals surface area contributed by atoms with Gasteiger partial charge in [0.05, 0.1) is 5.92 Å². The molecule has 1 amide bonds. The lowest BCUT2D eigenvalue weighted by atomic mass is 9.48. The fraction of sp³-hybridized carbons (Fsp3) is 0.367. The summed E-state index contributed by atoms with van der Waals surface area (Å²) in [4.78, 5) is 13.4. The topological polar surface area (TPSA) is 29.1 Å². The van der Waals surface area contributed by atoms with E-state index in [4.69, 9.17) is 0 Å². The molecule has 0 unspecified atom stereocenters. The molecule has 160 valence electrons. The summed E-state index contributed by atoms with van der Waals surface area (Å²) < 4.78 is 0. The summed E-state index contributed by atoms with van der Waals surface area (Å²) in [6.07, 6.45) is 8.54. The van der Waals surface area contributed by atoms with E-state index in [1.54, 1.807) is 0 Å². The Balaban J connectivity index is 1.15. The van der Waals surface area contributed by atoms with Crippen LogP contribution >= 0.6 is 0 Å². The first-order valence-electron chi connectivity index (χ1n) is 12.3. The van der Waals surface area contributed by atoms with Gasteiger partial charge in [-0.2, -0.15) is 0 Å². The number of carbonyl (C=O) groups is 1. The quantitative estimate of drug-likeness (QED) is 0.491. The van der Waals surface area contributed by atoms with Crippen molar-refractivity contribution in [3.05, 3.63) is 89.5 Å². The second-order valence-corrected chi connectivity index (χ2v) is 10.9. The molecule has 0 radical (unpaired) electrons. The Labute approximate surface area is 190 Å². The standard InChI is InChI=1S/C30H29NO/c32-29(28-26-7-3-1-5-24(26)25-6-2-4-8-27(25)28)31-23-11-9-22(10-12-23)30-16-19-13-20(17-30)15-21(14-19)18-30/h1-12,19-21,28H,13-18H2,(H,31,32). The van der Waals surface area contributed by atoms with E-state index in [0.29, 0.717) is 5.41 Å². The van der Waals surface area contributed by atoms with Crippen molar-refractivity contribution in [2.75, 3.05) is 5.32 Å². The Kier molecular flexibility index (Phi) is 3.98. The van der Waals surface area contributed by atoms with Gasteiger partial charge >= 0.3 is 0 Å². The molecule has 8 rings (SSSR count). The largest absolute Gasteiger partial charge is 0.325 e. The van der Waals surface area contributed by atoms with Gasteiger partial charge in [-0.3, -0.25) is 4.79 Å². The van der Waals surface area contributed by atoms with Gasteiger partial charge in [0.1, 0.15) is 0 Å². The second kappa shape index (κ2) is 6.81. The molecule has 5 aliphatic carbocycles. The summed E-state index contributed by atoms with van der Waals surface area (Å²) in [7, 11) is 0. The highest BCUT2D eigenvalue weighted by atomic mass is 16.1. The molecule has 5 aliphatic rings. The van der Waals surface area contributed by atoms with Crippen molar-refractivity contribution < 1.29 is 4.79 Å². The second-order valence-electron chi connectivity index (χ2n) is 10.9. The minimum absolute atomic E-state index is 0.0601. The van der Waals surface area contributed by atoms with E-state index in [0.717, 1.165) is 34.6 Å². The van der Waals surface area contributed by atoms with Crippen LogP contribution in [0.2, 0.25) is 0 Å². The van der Waals surface area contributed by atoms with Crippen LogP contribution in [0.4, 0.5) is 5.69 Å². The number of amides is 1. The van der Waals surface area contributed by atoms with Gasteiger partial charge < -0.3 is 5.32 Å². The average Bonchev–Trinajstić information content (AvgIpc) is 3.13. The van der Waals surface area contributed by atoms with Crippen LogP contribution in [0.5, 0.6) is 0 Å². The summed E-state index contributed by atoms with van der Waals surface area (Å²) >= 11 is 0. The third-order valence-corrected chi connectivity index (χ3v) is 8.90. The number of anilines is 1. The summed E-state index contributed by atoms with van der Waals surface area (Å²) in [5.41, 5.74) is 7.39. The van der Waals surface area contributed by atoms with Crippen molar-refractivity contribution in [1.82, 2.24) is 0 Å². The zero-order chi connectivity index (χ0) is 21.3. The molecule has 4 fully saturated rings. The Morgan fingerprint density at radius 3 is 1.72 bits per heavy atom. The van der Waals surface area contributed by atoms with Gasteiger partial charge in [-0.15, -0.1) is 0 Å². The lowest BCUT2D eigenvalue weighted by molar-refractivity contribution is -0.116. The predicted molar refractivity (Wildman–Crippen MR) is 129 cm³/mol. The van der Waals surface area contributed by atoms with Crippen molar-refractivity contribution in [3.63, 3.8) is 0 Å². The normalized spacial score (nSPS) is 29.6. The number of rotatable bonds is 3. The van der Waals surface area contributed by atoms with Gasteiger partial charge in [0.15, 0.2) is 0 Å². The van der Waals surface area contributed by atoms with Gasteiger partial charge in [0.2, 0.25) is 5.91 Å². The van der Waals surface area contributed by atoms with Crippen LogP contribution in [-0.2, 0) is 10.2 Å². The molecule has 4 bridgehead atoms. The minimum Gasteiger partial charge on any atom is -0.325 e. The summed E-state index contributed by atoms with van der Waals surface area (Å²) in [5.74, 6) is 2.66. The summed E-state index contributed by atoms with van der Waals surface area (Å²) in [5, 5.41) is 3.23. The molecular formula is C30H29NO. The molecule has 4 saturated carbocycles. The predicted octanol–water partition coefficient (Wildman–Crippen LogP) is 6.91. The molecule has 32 heavy (non-hydrogen) atoms. The third-order valence-electron chi connectivity index (χ3n) is 8.90. The number of fused-ring (bicyclic) bond motifs is 3. The number of carbonyl (C=O) groups excluding carboxylic acids is 1. The number of hydrogen-bond acceptors (Lipinski definition) is 1. The molecule has 2 nitrogen and oxygen atoms in total. The molecule has 3 aromatic rings. The smallest absolute Gasteiger partial charge is 0.236 e. The van der Waals surface area contributed by atoms with Crippen LogP contribution in [0.1, 0.15) is 61.1 Å². The van der Waals surface area contributed by atoms with Crippen LogP contribution in [0.25, 0.3) is 11.1 Å². The number of hydrogen-bond donors (Lipinski definition) is 1. The maximum atomic E-state index is 13.4. The van der Waals surface area contributed by atoms with E-state index in [2.05, 4.69) is 66.0 Å². The molecule has 0 aliphatic heterocycles. The van der Waals surface area contributed by atoms with E-state index >= 15 is 0 Å². The van der Waals surface area contributed by atoms with Crippen LogP contribution in [0.15, 0.2) is 72.8 Å². The molecule has 0 atom stereocenters. The van der Waals surface area contributed by atoms with Crippen molar-refractivity contribution in [2.45, 2.75) is 49.9 Å². The van der Waals surface area contributed by atoms with E-state index in [1.165, 1.54) is 55.2 Å². The maximum absolute atomic E-state index is 13.4. The van der Waals surface area contributed by atoms with Gasteiger partial charge in [-0.1, -0.05) is 60.7 Å². The van der Waals surface area contributed by atoms with E-state index in [-0.39, 0.29) is 11.8 Å². The van der Waals surface area contributed by atoms with Gasteiger partial charge in [0, 0.05) is 5.69 Å². The average molecular weight is 420 g/mol. The number of nitrogens with one attached hydrogen (secondary N) is 1. The zero-order valence-electron chi connectivity index (χ0n) is 18.4. The van der Waals surface area contributed by atoms with Gasteiger partial charge in [-0.25, -0.2) is 0 Å². The lowest BCUT2D eigenvalue weighted by Crippen LogP contribution is -2.48. The molecule has 0 heterocycles. The highest BCUT2D eigenvalue weighted by molar-refractivity contribution is 6.03. The molecule has 3 aromatic carbocycles. The fourth-order valence-corrected chi connectivity index (χ4v) is 8.02. The Hall–Kier alpha value is -2.87. The highest BCUT2D eigenvalue weighted by Gasteiger charge is 2.51. The molecular weight excluding hydrogens is 390 g/mol. The highest BCUT2D eigenvalue weighted by Crippen LogP contribution is 2.60. The van der Waals surface area contributed by atoms with Crippen LogP contribution in [0.3, 0.4) is 0 Å². The van der Waals surface area contributed by atoms with Crippen molar-refractivity contribution >= 4 is 11.6 Å². The van der Waals surface area contributed by atoms with Crippen LogP contribution in [-0.4, -0.2) is 5.91 Å². The Morgan fingerprint density at radius 2 is 1.19 bits per heavy atom. The van der Waals surface area contributed by atoms with Crippen molar-refractivity contribution in [3.8, 4) is 11.1 Å². The zero-order valence-corrected chi connectivity index (χ0v) is 18.4. The third kappa shape index (κ3) is 2.75. The van der Waals surface area contributed by atoms with Gasteiger partial charge in [-0.05, 0) is 102 Å². The minimum atomic E-state index is -0.245. The lowest BCUT2D eigenvalue weighted by Gasteiger charge is -2.57. The van der Waals surface area contributed by atoms with E-state index in [9.17, 15) is 4.79 Å². The molecule has 1 N–H and O–H groups in total. The molecule has 0 aromatic heterocycles. The fourth-order valence-electron chi connectivity index (χ4n) is 8.02. The molecule has 0 spiro atoms. The molecule has 2 heteroatoms. The van der Waals surface area contributed by atoms with Crippen molar-refractivity contribution in [2.24, 2.45) is 17.8 Å². The van der Waals surface area contributed by atoms with E-state index in [1.807, 2.05) is 12.1 Å². The summed E-state index contributed by atoms with van der Waals surface area (Å²) in [6, 6.07) is 25.5. The van der Waals surface area contributed by atoms with Crippen LogP contribution < -0.4 is 5.32 Å². The van der Waals surface area contributed by atoms with Crippen molar-refractivity contribution in [1.29, 1.82) is 0 Å². The number of benzene rings is 3. The maximum Gasteiger partial charge on any atom is 0.236 e. The monoisotopic (exact) mass is 419 g/mol. The SMILES string of the molecule is O=C(Nc1ccc(C23CC4CC(CC(C4)C2)C3)cc1)C1c2ccccc2-c2ccccc21. The van der Waals surface area contributed by atoms with Gasteiger partial charge in [0.25, 0.3) is 0 Å². The Bertz CT molecular complexity index is 1130. The van der Waals surface area contributed by atoms with E-state index < -0.39 is 0 Å². The summed E-state index contributed by atoms with van der Waals surface area (Å²) in [6.45, 7) is 0. The first-order valence-corrected chi connectivity index (χ1v) is 12.3. The van der Waals surface area contributed by atoms with Crippen LogP contribution in [0, 0.1) is 17.8 Å². The molecule has 0 saturated heterocycles. The first-order chi connectivity index (χ1) is 15.7. The first kappa shape index (κ1) is 18.7.